The summed E-state index contributed by atoms with van der Waals surface area (Å²) in [6.45, 7) is 3.20. The minimum absolute atomic E-state index is 0.0152. The molecule has 0 radical (unpaired) electrons. The van der Waals surface area contributed by atoms with Crippen molar-refractivity contribution in [1.82, 2.24) is 9.78 Å². The number of anilines is 1. The summed E-state index contributed by atoms with van der Waals surface area (Å²) >= 11 is 3.12. The molecule has 1 heterocycles. The second kappa shape index (κ2) is 8.06. The molecule has 0 atom stereocenters. The van der Waals surface area contributed by atoms with Gasteiger partial charge in [0.1, 0.15) is 5.82 Å². The van der Waals surface area contributed by atoms with Crippen molar-refractivity contribution in [3.63, 3.8) is 0 Å². The van der Waals surface area contributed by atoms with E-state index in [1.807, 2.05) is 20.9 Å². The van der Waals surface area contributed by atoms with Crippen LogP contribution in [0.3, 0.4) is 0 Å². The molecule has 0 unspecified atom stereocenters. The van der Waals surface area contributed by atoms with Crippen LogP contribution in [0.2, 0.25) is 0 Å². The maximum absolute atomic E-state index is 13.6. The lowest BCUT2D eigenvalue weighted by atomic mass is 10.2. The van der Waals surface area contributed by atoms with Gasteiger partial charge in [0.05, 0.1) is 11.4 Å². The topological polar surface area (TPSA) is 73.2 Å². The number of carbonyl (C=O) groups excluding carboxylic acids is 2. The van der Waals surface area contributed by atoms with Crippen molar-refractivity contribution in [1.29, 1.82) is 0 Å². The normalized spacial score (nSPS) is 10.9. The average Bonchev–Trinajstić information content (AvgIpc) is 2.79. The highest BCUT2D eigenvalue weighted by molar-refractivity contribution is 9.10. The Kier molecular flexibility index (Phi) is 6.08. The van der Waals surface area contributed by atoms with Crippen molar-refractivity contribution in [3.8, 4) is 0 Å². The number of halogens is 2. The Hall–Kier alpha value is -2.48. The number of aryl methyl sites for hydroxylation is 2. The number of rotatable bonds is 5. The zero-order valence-electron chi connectivity index (χ0n) is 14.0. The van der Waals surface area contributed by atoms with Crippen LogP contribution in [0, 0.1) is 19.7 Å². The number of benzene rings is 1. The summed E-state index contributed by atoms with van der Waals surface area (Å²) < 4.78 is 20.7. The highest BCUT2D eigenvalue weighted by Gasteiger charge is 2.10. The molecular formula is C17H17BrFN3O3. The summed E-state index contributed by atoms with van der Waals surface area (Å²) in [4.78, 5) is 23.5. The molecular weight excluding hydrogens is 393 g/mol. The number of ether oxygens (including phenoxy) is 1. The minimum Gasteiger partial charge on any atom is -0.452 e. The van der Waals surface area contributed by atoms with Crippen molar-refractivity contribution < 1.29 is 18.7 Å². The Balaban J connectivity index is 1.89. The monoisotopic (exact) mass is 409 g/mol. The first-order chi connectivity index (χ1) is 11.8. The Morgan fingerprint density at radius 1 is 1.40 bits per heavy atom. The molecule has 0 aliphatic heterocycles. The molecule has 0 fully saturated rings. The molecule has 1 aromatic carbocycles. The SMILES string of the molecule is Cc1nn(C)c(C)c1/C=C/C(=O)OCC(=O)Nc1ccc(Br)cc1F. The Morgan fingerprint density at radius 3 is 2.72 bits per heavy atom. The molecule has 0 aliphatic carbocycles. The summed E-state index contributed by atoms with van der Waals surface area (Å²) in [7, 11) is 1.81. The number of hydrogen-bond acceptors (Lipinski definition) is 4. The number of nitrogens with one attached hydrogen (secondary N) is 1. The fourth-order valence-electron chi connectivity index (χ4n) is 2.14. The first-order valence-corrected chi connectivity index (χ1v) is 8.17. The second-order valence-corrected chi connectivity index (χ2v) is 6.24. The summed E-state index contributed by atoms with van der Waals surface area (Å²) in [5.41, 5.74) is 2.53. The van der Waals surface area contributed by atoms with Gasteiger partial charge in [-0.3, -0.25) is 9.48 Å². The van der Waals surface area contributed by atoms with E-state index in [1.54, 1.807) is 16.8 Å². The fraction of sp³-hybridized carbons (Fsp3) is 0.235. The van der Waals surface area contributed by atoms with Gasteiger partial charge in [-0.15, -0.1) is 0 Å². The van der Waals surface area contributed by atoms with Crippen LogP contribution >= 0.6 is 15.9 Å². The number of nitrogens with zero attached hydrogens (tertiary/aromatic N) is 2. The van der Waals surface area contributed by atoms with E-state index >= 15 is 0 Å². The number of aromatic nitrogens is 2. The number of hydrogen-bond donors (Lipinski definition) is 1. The van der Waals surface area contributed by atoms with Crippen molar-refractivity contribution >= 4 is 39.6 Å². The fourth-order valence-corrected chi connectivity index (χ4v) is 2.48. The van der Waals surface area contributed by atoms with E-state index in [2.05, 4.69) is 26.3 Å². The number of esters is 1. The quantitative estimate of drug-likeness (QED) is 0.607. The van der Waals surface area contributed by atoms with Gasteiger partial charge in [-0.2, -0.15) is 5.10 Å². The van der Waals surface area contributed by atoms with E-state index in [4.69, 9.17) is 4.74 Å². The minimum atomic E-state index is -0.672. The zero-order valence-corrected chi connectivity index (χ0v) is 15.6. The summed E-state index contributed by atoms with van der Waals surface area (Å²) in [5.74, 6) is -1.89. The van der Waals surface area contributed by atoms with Gasteiger partial charge in [0.15, 0.2) is 6.61 Å². The molecule has 0 saturated heterocycles. The predicted octanol–water partition coefficient (Wildman–Crippen LogP) is 3.13. The molecule has 2 aromatic rings. The van der Waals surface area contributed by atoms with Crippen molar-refractivity contribution in [2.75, 3.05) is 11.9 Å². The van der Waals surface area contributed by atoms with Gasteiger partial charge in [0.25, 0.3) is 5.91 Å². The van der Waals surface area contributed by atoms with Crippen LogP contribution < -0.4 is 5.32 Å². The first-order valence-electron chi connectivity index (χ1n) is 7.38. The molecule has 1 N–H and O–H groups in total. The van der Waals surface area contributed by atoms with Crippen LogP contribution in [0.4, 0.5) is 10.1 Å². The van der Waals surface area contributed by atoms with Crippen LogP contribution in [0.15, 0.2) is 28.7 Å². The number of carbonyl (C=O) groups is 2. The molecule has 0 aliphatic rings. The van der Waals surface area contributed by atoms with Crippen LogP contribution in [0.5, 0.6) is 0 Å². The molecule has 132 valence electrons. The van der Waals surface area contributed by atoms with Crippen LogP contribution in [0.1, 0.15) is 17.0 Å². The van der Waals surface area contributed by atoms with Crippen LogP contribution in [-0.4, -0.2) is 28.3 Å². The Bertz CT molecular complexity index is 846. The van der Waals surface area contributed by atoms with Crippen LogP contribution in [-0.2, 0) is 21.4 Å². The standard InChI is InChI=1S/C17H17BrFN3O3/c1-10-13(11(2)22(3)21-10)5-7-17(24)25-9-16(23)20-15-6-4-12(18)8-14(15)19/h4-8H,9H2,1-3H3,(H,20,23)/b7-5+. The molecule has 1 amide bonds. The van der Waals surface area contributed by atoms with Crippen molar-refractivity contribution in [3.05, 3.63) is 51.5 Å². The molecule has 8 heteroatoms. The lowest BCUT2D eigenvalue weighted by Crippen LogP contribution is -2.20. The third-order valence-corrected chi connectivity index (χ3v) is 4.00. The number of amides is 1. The Labute approximate surface area is 152 Å². The van der Waals surface area contributed by atoms with Gasteiger partial charge in [0, 0.05) is 28.9 Å². The lowest BCUT2D eigenvalue weighted by molar-refractivity contribution is -0.142. The second-order valence-electron chi connectivity index (χ2n) is 5.32. The van der Waals surface area contributed by atoms with Gasteiger partial charge in [-0.05, 0) is 38.1 Å². The van der Waals surface area contributed by atoms with E-state index in [0.717, 1.165) is 17.0 Å². The van der Waals surface area contributed by atoms with E-state index in [-0.39, 0.29) is 5.69 Å². The molecule has 0 saturated carbocycles. The highest BCUT2D eigenvalue weighted by Crippen LogP contribution is 2.19. The van der Waals surface area contributed by atoms with E-state index in [0.29, 0.717) is 4.47 Å². The van der Waals surface area contributed by atoms with Gasteiger partial charge in [0.2, 0.25) is 0 Å². The maximum Gasteiger partial charge on any atom is 0.331 e. The van der Waals surface area contributed by atoms with E-state index in [9.17, 15) is 14.0 Å². The molecule has 0 bridgehead atoms. The average molecular weight is 410 g/mol. The van der Waals surface area contributed by atoms with Crippen molar-refractivity contribution in [2.45, 2.75) is 13.8 Å². The predicted molar refractivity (Wildman–Crippen MR) is 95.4 cm³/mol. The van der Waals surface area contributed by atoms with Gasteiger partial charge in [-0.1, -0.05) is 15.9 Å². The zero-order chi connectivity index (χ0) is 18.6. The van der Waals surface area contributed by atoms with Gasteiger partial charge in [-0.25, -0.2) is 9.18 Å². The van der Waals surface area contributed by atoms with E-state index < -0.39 is 24.3 Å². The third-order valence-electron chi connectivity index (χ3n) is 3.50. The maximum atomic E-state index is 13.6. The smallest absolute Gasteiger partial charge is 0.331 e. The van der Waals surface area contributed by atoms with Crippen molar-refractivity contribution in [2.24, 2.45) is 7.05 Å². The molecule has 6 nitrogen and oxygen atoms in total. The third kappa shape index (κ3) is 4.99. The van der Waals surface area contributed by atoms with Gasteiger partial charge < -0.3 is 10.1 Å². The summed E-state index contributed by atoms with van der Waals surface area (Å²) in [6.07, 6.45) is 2.82. The molecule has 1 aromatic heterocycles. The molecule has 25 heavy (non-hydrogen) atoms. The molecule has 2 rings (SSSR count). The van der Waals surface area contributed by atoms with E-state index in [1.165, 1.54) is 18.2 Å². The van der Waals surface area contributed by atoms with Gasteiger partial charge >= 0.3 is 5.97 Å². The largest absolute Gasteiger partial charge is 0.452 e. The highest BCUT2D eigenvalue weighted by atomic mass is 79.9. The Morgan fingerprint density at radius 2 is 2.12 bits per heavy atom. The molecule has 0 spiro atoms. The van der Waals surface area contributed by atoms with Crippen LogP contribution in [0.25, 0.3) is 6.08 Å². The first kappa shape index (κ1) is 18.9. The summed E-state index contributed by atoms with van der Waals surface area (Å²) in [6, 6.07) is 4.22. The summed E-state index contributed by atoms with van der Waals surface area (Å²) in [5, 5.41) is 6.57. The lowest BCUT2D eigenvalue weighted by Gasteiger charge is -2.06.